The molecule has 0 aliphatic carbocycles. The quantitative estimate of drug-likeness (QED) is 0.882. The fourth-order valence-electron chi connectivity index (χ4n) is 2.52. The summed E-state index contributed by atoms with van der Waals surface area (Å²) in [5, 5.41) is 14.7. The molecule has 0 spiro atoms. The zero-order valence-electron chi connectivity index (χ0n) is 13.4. The van der Waals surface area contributed by atoms with Gasteiger partial charge in [0.15, 0.2) is 0 Å². The average molecular weight is 356 g/mol. The lowest BCUT2D eigenvalue weighted by atomic mass is 9.94. The predicted octanol–water partition coefficient (Wildman–Crippen LogP) is 3.37. The summed E-state index contributed by atoms with van der Waals surface area (Å²) in [5.74, 6) is -1.22. The molecule has 1 fully saturated rings. The number of hydrogen-bond acceptors (Lipinski definition) is 4. The first-order chi connectivity index (χ1) is 11.9. The molecule has 1 aliphatic rings. The van der Waals surface area contributed by atoms with Crippen LogP contribution < -0.4 is 5.32 Å². The lowest BCUT2D eigenvalue weighted by Gasteiger charge is -2.19. The maximum atomic E-state index is 10.6. The third-order valence-corrected chi connectivity index (χ3v) is 3.80. The number of halogens is 3. The maximum Gasteiger partial charge on any atom is 0.490 e. The summed E-state index contributed by atoms with van der Waals surface area (Å²) in [7, 11) is 0. The molecule has 0 unspecified atom stereocenters. The Morgan fingerprint density at radius 3 is 2.40 bits per heavy atom. The molecule has 1 aromatic heterocycles. The third kappa shape index (κ3) is 6.22. The van der Waals surface area contributed by atoms with E-state index in [9.17, 15) is 13.2 Å². The minimum Gasteiger partial charge on any atom is -0.475 e. The molecule has 0 radical (unpaired) electrons. The van der Waals surface area contributed by atoms with Crippen LogP contribution in [-0.4, -0.2) is 35.5 Å². The van der Waals surface area contributed by atoms with Gasteiger partial charge in [-0.25, -0.2) is 4.79 Å². The number of hydrogen-bond donors (Lipinski definition) is 2. The molecule has 1 saturated heterocycles. The largest absolute Gasteiger partial charge is 0.490 e. The van der Waals surface area contributed by atoms with Crippen LogP contribution in [0.15, 0.2) is 40.9 Å². The van der Waals surface area contributed by atoms with Gasteiger partial charge in [0.25, 0.3) is 0 Å². The molecule has 25 heavy (non-hydrogen) atoms. The molecule has 5 nitrogen and oxygen atoms in total. The van der Waals surface area contributed by atoms with Crippen molar-refractivity contribution >= 4 is 5.97 Å². The highest BCUT2D eigenvalue weighted by atomic mass is 19.4. The van der Waals surface area contributed by atoms with Gasteiger partial charge in [0, 0.05) is 18.4 Å². The first-order valence-corrected chi connectivity index (χ1v) is 7.86. The van der Waals surface area contributed by atoms with E-state index in [-0.39, 0.29) is 0 Å². The Morgan fingerprint density at radius 1 is 1.24 bits per heavy atom. The van der Waals surface area contributed by atoms with Crippen molar-refractivity contribution in [2.45, 2.75) is 31.4 Å². The number of alkyl halides is 3. The molecule has 0 atom stereocenters. The molecule has 2 N–H and O–H groups in total. The Morgan fingerprint density at radius 2 is 1.84 bits per heavy atom. The van der Waals surface area contributed by atoms with Crippen molar-refractivity contribution in [3.63, 3.8) is 0 Å². The predicted molar refractivity (Wildman–Crippen MR) is 84.3 cm³/mol. The van der Waals surface area contributed by atoms with Crippen molar-refractivity contribution in [3.05, 3.63) is 53.4 Å². The van der Waals surface area contributed by atoms with Gasteiger partial charge in [0.2, 0.25) is 0 Å². The van der Waals surface area contributed by atoms with Crippen LogP contribution in [0, 0.1) is 0 Å². The molecule has 1 aliphatic heterocycles. The van der Waals surface area contributed by atoms with Gasteiger partial charge in [0.1, 0.15) is 5.76 Å². The Labute approximate surface area is 142 Å². The van der Waals surface area contributed by atoms with Crippen LogP contribution in [0.5, 0.6) is 0 Å². The van der Waals surface area contributed by atoms with Crippen LogP contribution in [0.2, 0.25) is 0 Å². The van der Waals surface area contributed by atoms with Gasteiger partial charge in [-0.3, -0.25) is 0 Å². The number of rotatable bonds is 3. The van der Waals surface area contributed by atoms with Gasteiger partial charge in [0.05, 0.1) is 5.69 Å². The number of nitrogens with one attached hydrogen (secondary N) is 1. The molecular formula is C17H19F3N2O3. The Hall–Kier alpha value is -2.35. The number of aromatic nitrogens is 1. The second-order valence-electron chi connectivity index (χ2n) is 5.71. The van der Waals surface area contributed by atoms with E-state index in [1.165, 1.54) is 5.56 Å². The van der Waals surface area contributed by atoms with Crippen molar-refractivity contribution in [2.24, 2.45) is 0 Å². The summed E-state index contributed by atoms with van der Waals surface area (Å²) >= 11 is 0. The van der Waals surface area contributed by atoms with Gasteiger partial charge in [-0.15, -0.1) is 0 Å². The highest BCUT2D eigenvalue weighted by Crippen LogP contribution is 2.25. The summed E-state index contributed by atoms with van der Waals surface area (Å²) in [6.07, 6.45) is -1.92. The van der Waals surface area contributed by atoms with E-state index in [0.29, 0.717) is 5.92 Å². The summed E-state index contributed by atoms with van der Waals surface area (Å²) in [6.45, 7) is 2.18. The third-order valence-electron chi connectivity index (χ3n) is 3.80. The van der Waals surface area contributed by atoms with Gasteiger partial charge in [-0.2, -0.15) is 13.2 Å². The van der Waals surface area contributed by atoms with Gasteiger partial charge < -0.3 is 14.9 Å². The number of piperidine rings is 1. The summed E-state index contributed by atoms with van der Waals surface area (Å²) < 4.78 is 37.2. The molecule has 3 rings (SSSR count). The summed E-state index contributed by atoms with van der Waals surface area (Å²) in [4.78, 5) is 8.90. The monoisotopic (exact) mass is 356 g/mol. The van der Waals surface area contributed by atoms with E-state index < -0.39 is 12.1 Å². The second-order valence-corrected chi connectivity index (χ2v) is 5.71. The van der Waals surface area contributed by atoms with Gasteiger partial charge >= 0.3 is 12.1 Å². The van der Waals surface area contributed by atoms with Crippen molar-refractivity contribution in [2.75, 3.05) is 13.1 Å². The fourth-order valence-corrected chi connectivity index (χ4v) is 2.52. The van der Waals surface area contributed by atoms with Gasteiger partial charge in [-0.1, -0.05) is 35.5 Å². The molecule has 1 aromatic carbocycles. The summed E-state index contributed by atoms with van der Waals surface area (Å²) in [6, 6.07) is 12.5. The second kappa shape index (κ2) is 8.66. The number of carboxylic acid groups (broad SMARTS) is 1. The molecule has 2 heterocycles. The standard InChI is InChI=1S/C15H18N2O.C2HF3O2/c1-2-4-12(5-3-1)10-14-11-15(17-18-14)13-6-8-16-9-7-13;3-2(4,5)1(6)7/h1-5,11,13,16H,6-10H2;(H,6,7). The van der Waals surface area contributed by atoms with Crippen LogP contribution >= 0.6 is 0 Å². The zero-order chi connectivity index (χ0) is 18.3. The topological polar surface area (TPSA) is 75.4 Å². The molecule has 0 amide bonds. The van der Waals surface area contributed by atoms with Gasteiger partial charge in [-0.05, 0) is 31.5 Å². The normalized spacial score (nSPS) is 15.3. The number of benzene rings is 1. The van der Waals surface area contributed by atoms with Crippen LogP contribution in [0.25, 0.3) is 0 Å². The van der Waals surface area contributed by atoms with Crippen molar-refractivity contribution in [3.8, 4) is 0 Å². The Balaban J connectivity index is 0.000000277. The number of carbonyl (C=O) groups is 1. The molecule has 2 aromatic rings. The Kier molecular flexibility index (Phi) is 6.58. The molecule has 136 valence electrons. The van der Waals surface area contributed by atoms with E-state index >= 15 is 0 Å². The fraction of sp³-hybridized carbons (Fsp3) is 0.412. The van der Waals surface area contributed by atoms with Crippen LogP contribution in [0.1, 0.15) is 35.8 Å². The van der Waals surface area contributed by atoms with E-state index in [4.69, 9.17) is 14.4 Å². The zero-order valence-corrected chi connectivity index (χ0v) is 13.4. The Bertz CT molecular complexity index is 665. The first kappa shape index (κ1) is 19.0. The van der Waals surface area contributed by atoms with Crippen molar-refractivity contribution in [1.82, 2.24) is 10.5 Å². The lowest BCUT2D eigenvalue weighted by Crippen LogP contribution is -2.26. The van der Waals surface area contributed by atoms with Crippen LogP contribution in [0.3, 0.4) is 0 Å². The first-order valence-electron chi connectivity index (χ1n) is 7.86. The van der Waals surface area contributed by atoms with Crippen LogP contribution in [-0.2, 0) is 11.2 Å². The van der Waals surface area contributed by atoms with E-state index in [0.717, 1.165) is 43.8 Å². The maximum absolute atomic E-state index is 10.6. The van der Waals surface area contributed by atoms with E-state index in [1.807, 2.05) is 6.07 Å². The molecular weight excluding hydrogens is 337 g/mol. The number of nitrogens with zero attached hydrogens (tertiary/aromatic N) is 1. The van der Waals surface area contributed by atoms with Crippen molar-refractivity contribution < 1.29 is 27.6 Å². The molecule has 0 bridgehead atoms. The van der Waals surface area contributed by atoms with Crippen LogP contribution in [0.4, 0.5) is 13.2 Å². The van der Waals surface area contributed by atoms with E-state index in [2.05, 4.69) is 40.8 Å². The molecule has 0 saturated carbocycles. The minimum absolute atomic E-state index is 0.569. The van der Waals surface area contributed by atoms with E-state index in [1.54, 1.807) is 0 Å². The lowest BCUT2D eigenvalue weighted by molar-refractivity contribution is -0.192. The SMILES string of the molecule is O=C(O)C(F)(F)F.c1ccc(Cc2cc(C3CCNCC3)no2)cc1. The molecule has 8 heteroatoms. The smallest absolute Gasteiger partial charge is 0.475 e. The highest BCUT2D eigenvalue weighted by Gasteiger charge is 2.38. The summed E-state index contributed by atoms with van der Waals surface area (Å²) in [5.41, 5.74) is 2.40. The minimum atomic E-state index is -5.08. The average Bonchev–Trinajstić information content (AvgIpc) is 3.05. The van der Waals surface area contributed by atoms with Crippen molar-refractivity contribution in [1.29, 1.82) is 0 Å². The number of aliphatic carboxylic acids is 1. The highest BCUT2D eigenvalue weighted by molar-refractivity contribution is 5.73. The number of carboxylic acids is 1.